The van der Waals surface area contributed by atoms with E-state index in [0.717, 1.165) is 12.1 Å². The van der Waals surface area contributed by atoms with Crippen LogP contribution in [0.2, 0.25) is 0 Å². The van der Waals surface area contributed by atoms with E-state index in [9.17, 15) is 18.0 Å². The van der Waals surface area contributed by atoms with Gasteiger partial charge in [0.1, 0.15) is 0 Å². The summed E-state index contributed by atoms with van der Waals surface area (Å²) in [5.74, 6) is -4.94. The van der Waals surface area contributed by atoms with Gasteiger partial charge < -0.3 is 10.2 Å². The minimum atomic E-state index is -1.61. The van der Waals surface area contributed by atoms with Gasteiger partial charge >= 0.3 is 0 Å². The number of rotatable bonds is 1. The largest absolute Gasteiger partial charge is 0.336 e. The highest BCUT2D eigenvalue weighted by molar-refractivity contribution is 5.94. The van der Waals surface area contributed by atoms with Crippen LogP contribution in [0.1, 0.15) is 17.3 Å². The van der Waals surface area contributed by atoms with Crippen molar-refractivity contribution in [3.8, 4) is 0 Å². The maximum Gasteiger partial charge on any atom is 0.257 e. The summed E-state index contributed by atoms with van der Waals surface area (Å²) in [6.45, 7) is 3.32. The van der Waals surface area contributed by atoms with Gasteiger partial charge in [-0.2, -0.15) is 0 Å². The summed E-state index contributed by atoms with van der Waals surface area (Å²) >= 11 is 0. The molecule has 0 spiro atoms. The van der Waals surface area contributed by atoms with E-state index in [0.29, 0.717) is 19.6 Å². The van der Waals surface area contributed by atoms with Crippen molar-refractivity contribution in [2.24, 2.45) is 0 Å². The lowest BCUT2D eigenvalue weighted by atomic mass is 10.1. The van der Waals surface area contributed by atoms with Crippen molar-refractivity contribution in [1.82, 2.24) is 10.2 Å². The number of halogens is 3. The summed E-state index contributed by atoms with van der Waals surface area (Å²) in [5, 5.41) is 3.13. The van der Waals surface area contributed by atoms with Crippen LogP contribution in [0.15, 0.2) is 12.1 Å². The van der Waals surface area contributed by atoms with E-state index in [1.165, 1.54) is 4.90 Å². The molecule has 1 aliphatic rings. The molecule has 1 unspecified atom stereocenters. The van der Waals surface area contributed by atoms with Crippen LogP contribution in [0.25, 0.3) is 0 Å². The zero-order valence-electron chi connectivity index (χ0n) is 9.84. The molecule has 18 heavy (non-hydrogen) atoms. The van der Waals surface area contributed by atoms with Gasteiger partial charge in [0.05, 0.1) is 5.56 Å². The fraction of sp³-hybridized carbons (Fsp3) is 0.417. The van der Waals surface area contributed by atoms with Crippen LogP contribution >= 0.6 is 0 Å². The minimum Gasteiger partial charge on any atom is -0.336 e. The molecule has 1 amide bonds. The Balaban J connectivity index is 2.26. The molecule has 1 saturated heterocycles. The summed E-state index contributed by atoms with van der Waals surface area (Å²) in [6, 6.07) is 1.83. The van der Waals surface area contributed by atoms with Gasteiger partial charge in [-0.15, -0.1) is 0 Å². The van der Waals surface area contributed by atoms with Crippen LogP contribution in [0.5, 0.6) is 0 Å². The fourth-order valence-corrected chi connectivity index (χ4v) is 1.98. The smallest absolute Gasteiger partial charge is 0.257 e. The summed E-state index contributed by atoms with van der Waals surface area (Å²) in [4.78, 5) is 13.4. The fourth-order valence-electron chi connectivity index (χ4n) is 1.98. The molecule has 0 aromatic heterocycles. The standard InChI is InChI=1S/C12H13F3N2O/c1-7-6-17(5-4-16-7)12(18)8-2-3-9(13)11(15)10(8)14/h2-3,7,16H,4-6H2,1H3. The first-order valence-corrected chi connectivity index (χ1v) is 5.67. The third-order valence-corrected chi connectivity index (χ3v) is 2.92. The number of hydrogen-bond donors (Lipinski definition) is 1. The lowest BCUT2D eigenvalue weighted by Gasteiger charge is -2.32. The van der Waals surface area contributed by atoms with Crippen LogP contribution in [-0.4, -0.2) is 36.5 Å². The summed E-state index contributed by atoms with van der Waals surface area (Å²) in [5.41, 5.74) is -0.428. The molecule has 1 aromatic carbocycles. The number of nitrogens with zero attached hydrogens (tertiary/aromatic N) is 1. The number of nitrogens with one attached hydrogen (secondary N) is 1. The molecule has 1 aliphatic heterocycles. The predicted octanol–water partition coefficient (Wildman–Crippen LogP) is 1.54. The quantitative estimate of drug-likeness (QED) is 0.775. The predicted molar refractivity (Wildman–Crippen MR) is 59.7 cm³/mol. The van der Waals surface area contributed by atoms with E-state index >= 15 is 0 Å². The topological polar surface area (TPSA) is 32.3 Å². The van der Waals surface area contributed by atoms with Gasteiger partial charge in [-0.25, -0.2) is 13.2 Å². The summed E-state index contributed by atoms with van der Waals surface area (Å²) in [7, 11) is 0. The average molecular weight is 258 g/mol. The van der Waals surface area contributed by atoms with Crippen molar-refractivity contribution in [1.29, 1.82) is 0 Å². The molecular formula is C12H13F3N2O. The summed E-state index contributed by atoms with van der Waals surface area (Å²) in [6.07, 6.45) is 0. The van der Waals surface area contributed by atoms with Crippen LogP contribution in [0.3, 0.4) is 0 Å². The molecule has 1 atom stereocenters. The van der Waals surface area contributed by atoms with Crippen molar-refractivity contribution >= 4 is 5.91 Å². The molecule has 1 fully saturated rings. The number of piperazine rings is 1. The Bertz CT molecular complexity index is 479. The zero-order chi connectivity index (χ0) is 13.3. The Morgan fingerprint density at radius 2 is 2.06 bits per heavy atom. The molecular weight excluding hydrogens is 245 g/mol. The van der Waals surface area contributed by atoms with Crippen LogP contribution < -0.4 is 5.32 Å². The first-order valence-electron chi connectivity index (χ1n) is 5.67. The van der Waals surface area contributed by atoms with Crippen molar-refractivity contribution in [3.05, 3.63) is 35.1 Å². The second-order valence-electron chi connectivity index (χ2n) is 4.33. The van der Waals surface area contributed by atoms with Gasteiger partial charge in [-0.05, 0) is 19.1 Å². The van der Waals surface area contributed by atoms with Crippen molar-refractivity contribution in [3.63, 3.8) is 0 Å². The first kappa shape index (κ1) is 12.9. The molecule has 0 saturated carbocycles. The average Bonchev–Trinajstić information content (AvgIpc) is 2.35. The maximum atomic E-state index is 13.5. The summed E-state index contributed by atoms with van der Waals surface area (Å²) < 4.78 is 39.3. The van der Waals surface area contributed by atoms with E-state index in [1.807, 2.05) is 6.92 Å². The van der Waals surface area contributed by atoms with Crippen molar-refractivity contribution in [2.75, 3.05) is 19.6 Å². The first-order chi connectivity index (χ1) is 8.50. The van der Waals surface area contributed by atoms with E-state index < -0.39 is 28.9 Å². The van der Waals surface area contributed by atoms with Crippen molar-refractivity contribution < 1.29 is 18.0 Å². The Hall–Kier alpha value is -1.56. The highest BCUT2D eigenvalue weighted by atomic mass is 19.2. The van der Waals surface area contributed by atoms with E-state index in [-0.39, 0.29) is 6.04 Å². The van der Waals surface area contributed by atoms with Gasteiger partial charge in [-0.3, -0.25) is 4.79 Å². The minimum absolute atomic E-state index is 0.0936. The number of carbonyl (C=O) groups excluding carboxylic acids is 1. The van der Waals surface area contributed by atoms with Crippen molar-refractivity contribution in [2.45, 2.75) is 13.0 Å². The van der Waals surface area contributed by atoms with E-state index in [4.69, 9.17) is 0 Å². The normalized spacial score (nSPS) is 20.0. The molecule has 0 aliphatic carbocycles. The van der Waals surface area contributed by atoms with Gasteiger partial charge in [0.15, 0.2) is 17.5 Å². The zero-order valence-corrected chi connectivity index (χ0v) is 9.84. The molecule has 3 nitrogen and oxygen atoms in total. The van der Waals surface area contributed by atoms with Gasteiger partial charge in [0.2, 0.25) is 0 Å². The van der Waals surface area contributed by atoms with Crippen LogP contribution in [-0.2, 0) is 0 Å². The molecule has 1 N–H and O–H groups in total. The molecule has 0 radical (unpaired) electrons. The molecule has 6 heteroatoms. The molecule has 2 rings (SSSR count). The van der Waals surface area contributed by atoms with Crippen LogP contribution in [0.4, 0.5) is 13.2 Å². The van der Waals surface area contributed by atoms with Crippen LogP contribution in [0, 0.1) is 17.5 Å². The molecule has 98 valence electrons. The monoisotopic (exact) mass is 258 g/mol. The number of amides is 1. The Labute approximate surface area is 103 Å². The van der Waals surface area contributed by atoms with Gasteiger partial charge in [0, 0.05) is 25.7 Å². The third-order valence-electron chi connectivity index (χ3n) is 2.92. The second-order valence-corrected chi connectivity index (χ2v) is 4.33. The maximum absolute atomic E-state index is 13.5. The Morgan fingerprint density at radius 1 is 1.33 bits per heavy atom. The molecule has 1 aromatic rings. The second kappa shape index (κ2) is 4.97. The third kappa shape index (κ3) is 2.33. The number of carbonyl (C=O) groups is 1. The van der Waals surface area contributed by atoms with E-state index in [1.54, 1.807) is 0 Å². The highest BCUT2D eigenvalue weighted by Gasteiger charge is 2.26. The SMILES string of the molecule is CC1CN(C(=O)c2ccc(F)c(F)c2F)CCN1. The Kier molecular flexibility index (Phi) is 3.56. The van der Waals surface area contributed by atoms with E-state index in [2.05, 4.69) is 5.32 Å². The lowest BCUT2D eigenvalue weighted by Crippen LogP contribution is -2.51. The number of benzene rings is 1. The van der Waals surface area contributed by atoms with Gasteiger partial charge in [0.25, 0.3) is 5.91 Å². The molecule has 0 bridgehead atoms. The number of hydrogen-bond acceptors (Lipinski definition) is 2. The highest BCUT2D eigenvalue weighted by Crippen LogP contribution is 2.17. The lowest BCUT2D eigenvalue weighted by molar-refractivity contribution is 0.0703. The van der Waals surface area contributed by atoms with Gasteiger partial charge in [-0.1, -0.05) is 0 Å². The molecule has 1 heterocycles. The Morgan fingerprint density at radius 3 is 2.72 bits per heavy atom.